The molecule has 0 radical (unpaired) electrons. The Hall–Kier alpha value is -2.17. The molecule has 1 amide bonds. The summed E-state index contributed by atoms with van der Waals surface area (Å²) in [6, 6.07) is 7.66. The van der Waals surface area contributed by atoms with Crippen molar-refractivity contribution in [3.63, 3.8) is 0 Å². The van der Waals surface area contributed by atoms with Crippen LogP contribution in [0.3, 0.4) is 0 Å². The van der Waals surface area contributed by atoms with Crippen molar-refractivity contribution in [2.75, 3.05) is 26.0 Å². The number of thioether (sulfide) groups is 1. The third-order valence-electron chi connectivity index (χ3n) is 3.99. The Morgan fingerprint density at radius 3 is 3.16 bits per heavy atom. The van der Waals surface area contributed by atoms with Gasteiger partial charge in [-0.25, -0.2) is 10.1 Å². The minimum Gasteiger partial charge on any atom is -0.497 e. The van der Waals surface area contributed by atoms with Crippen LogP contribution in [0, 0.1) is 5.92 Å². The van der Waals surface area contributed by atoms with Crippen LogP contribution in [0.25, 0.3) is 0 Å². The lowest BCUT2D eigenvalue weighted by atomic mass is 9.94. The number of aromatic nitrogens is 4. The number of methoxy groups -OCH3 is 1. The van der Waals surface area contributed by atoms with E-state index < -0.39 is 0 Å². The highest BCUT2D eigenvalue weighted by Gasteiger charge is 2.33. The quantitative estimate of drug-likeness (QED) is 0.462. The summed E-state index contributed by atoms with van der Waals surface area (Å²) in [5.74, 6) is 1.31. The number of aryl methyl sites for hydroxylation is 1. The Balaban J connectivity index is 1.53. The SMILES string of the molecule is COc1cccc(C2NNCC2C(=O)NCCSc2nnnn2C)c1. The number of amides is 1. The zero-order valence-electron chi connectivity index (χ0n) is 14.1. The van der Waals surface area contributed by atoms with Crippen LogP contribution in [-0.2, 0) is 11.8 Å². The van der Waals surface area contributed by atoms with Gasteiger partial charge in [-0.1, -0.05) is 23.9 Å². The molecule has 1 aromatic heterocycles. The molecule has 1 fully saturated rings. The molecule has 2 atom stereocenters. The number of hydrazine groups is 1. The van der Waals surface area contributed by atoms with Gasteiger partial charge in [-0.15, -0.1) is 5.10 Å². The molecule has 0 bridgehead atoms. The van der Waals surface area contributed by atoms with E-state index in [4.69, 9.17) is 4.74 Å². The summed E-state index contributed by atoms with van der Waals surface area (Å²) in [6.45, 7) is 1.13. The predicted octanol–water partition coefficient (Wildman–Crippen LogP) is -0.108. The zero-order valence-corrected chi connectivity index (χ0v) is 14.9. The van der Waals surface area contributed by atoms with Gasteiger partial charge in [0.15, 0.2) is 0 Å². The van der Waals surface area contributed by atoms with E-state index in [1.165, 1.54) is 11.8 Å². The molecule has 0 aliphatic carbocycles. The standard InChI is InChI=1S/C15H21N7O2S/c1-22-15(19-20-21-22)25-7-6-16-14(23)12-9-17-18-13(12)10-4-3-5-11(8-10)24-2/h3-5,8,12-13,17-18H,6-7,9H2,1-2H3,(H,16,23). The number of hydrogen-bond donors (Lipinski definition) is 3. The van der Waals surface area contributed by atoms with Crippen LogP contribution in [-0.4, -0.2) is 52.1 Å². The minimum atomic E-state index is -0.186. The molecule has 3 rings (SSSR count). The van der Waals surface area contributed by atoms with Crippen LogP contribution < -0.4 is 20.9 Å². The first-order valence-corrected chi connectivity index (χ1v) is 8.93. The summed E-state index contributed by atoms with van der Waals surface area (Å²) in [6.07, 6.45) is 0. The van der Waals surface area contributed by atoms with Crippen molar-refractivity contribution in [3.05, 3.63) is 29.8 Å². The summed E-state index contributed by atoms with van der Waals surface area (Å²) in [5, 5.41) is 15.0. The van der Waals surface area contributed by atoms with Crippen LogP contribution in [0.15, 0.2) is 29.4 Å². The smallest absolute Gasteiger partial charge is 0.226 e. The first-order chi connectivity index (χ1) is 12.2. The summed E-state index contributed by atoms with van der Waals surface area (Å²) in [7, 11) is 3.42. The molecule has 1 saturated heterocycles. The summed E-state index contributed by atoms with van der Waals surface area (Å²) in [5.41, 5.74) is 7.26. The molecule has 134 valence electrons. The van der Waals surface area contributed by atoms with E-state index in [1.807, 2.05) is 24.3 Å². The van der Waals surface area contributed by atoms with E-state index >= 15 is 0 Å². The van der Waals surface area contributed by atoms with Crippen molar-refractivity contribution in [3.8, 4) is 5.75 Å². The van der Waals surface area contributed by atoms with Gasteiger partial charge in [0.2, 0.25) is 11.1 Å². The van der Waals surface area contributed by atoms with Gasteiger partial charge in [0, 0.05) is 25.9 Å². The highest BCUT2D eigenvalue weighted by Crippen LogP contribution is 2.27. The average molecular weight is 363 g/mol. The largest absolute Gasteiger partial charge is 0.497 e. The molecule has 1 aliphatic rings. The second-order valence-electron chi connectivity index (χ2n) is 5.61. The predicted molar refractivity (Wildman–Crippen MR) is 92.9 cm³/mol. The van der Waals surface area contributed by atoms with Gasteiger partial charge < -0.3 is 10.1 Å². The maximum Gasteiger partial charge on any atom is 0.226 e. The van der Waals surface area contributed by atoms with Crippen LogP contribution in [0.5, 0.6) is 5.75 Å². The molecule has 3 N–H and O–H groups in total. The van der Waals surface area contributed by atoms with Crippen LogP contribution in [0.4, 0.5) is 0 Å². The van der Waals surface area contributed by atoms with E-state index in [0.717, 1.165) is 16.5 Å². The first-order valence-electron chi connectivity index (χ1n) is 7.94. The fraction of sp³-hybridized carbons (Fsp3) is 0.467. The number of ether oxygens (including phenoxy) is 1. The van der Waals surface area contributed by atoms with Crippen molar-refractivity contribution < 1.29 is 9.53 Å². The average Bonchev–Trinajstić information content (AvgIpc) is 3.28. The zero-order chi connectivity index (χ0) is 17.6. The molecule has 1 aromatic carbocycles. The molecule has 2 heterocycles. The Morgan fingerprint density at radius 1 is 1.52 bits per heavy atom. The fourth-order valence-corrected chi connectivity index (χ4v) is 3.39. The van der Waals surface area contributed by atoms with E-state index in [-0.39, 0.29) is 17.9 Å². The van der Waals surface area contributed by atoms with E-state index in [9.17, 15) is 4.79 Å². The number of nitrogens with zero attached hydrogens (tertiary/aromatic N) is 4. The number of rotatable bonds is 7. The summed E-state index contributed by atoms with van der Waals surface area (Å²) in [4.78, 5) is 12.5. The molecule has 0 spiro atoms. The van der Waals surface area contributed by atoms with E-state index in [2.05, 4.69) is 31.7 Å². The number of nitrogens with one attached hydrogen (secondary N) is 3. The molecule has 2 unspecified atom stereocenters. The number of carbonyl (C=O) groups is 1. The van der Waals surface area contributed by atoms with Crippen LogP contribution in [0.2, 0.25) is 0 Å². The summed E-state index contributed by atoms with van der Waals surface area (Å²) >= 11 is 1.50. The minimum absolute atomic E-state index is 0.0158. The van der Waals surface area contributed by atoms with E-state index in [0.29, 0.717) is 18.8 Å². The van der Waals surface area contributed by atoms with Crippen molar-refractivity contribution >= 4 is 17.7 Å². The summed E-state index contributed by atoms with van der Waals surface area (Å²) < 4.78 is 6.87. The molecule has 2 aromatic rings. The highest BCUT2D eigenvalue weighted by molar-refractivity contribution is 7.99. The van der Waals surface area contributed by atoms with E-state index in [1.54, 1.807) is 18.8 Å². The molecule has 0 saturated carbocycles. The lowest BCUT2D eigenvalue weighted by Gasteiger charge is -2.19. The third-order valence-corrected chi connectivity index (χ3v) is 5.00. The van der Waals surface area contributed by atoms with Crippen molar-refractivity contribution in [1.29, 1.82) is 0 Å². The topological polar surface area (TPSA) is 106 Å². The van der Waals surface area contributed by atoms with Crippen molar-refractivity contribution in [2.24, 2.45) is 13.0 Å². The molecule has 10 heteroatoms. The van der Waals surface area contributed by atoms with Crippen LogP contribution >= 0.6 is 11.8 Å². The number of hydrogen-bond acceptors (Lipinski definition) is 8. The Labute approximate surface area is 149 Å². The molecule has 25 heavy (non-hydrogen) atoms. The first kappa shape index (κ1) is 17.6. The van der Waals surface area contributed by atoms with Gasteiger partial charge in [0.05, 0.1) is 19.1 Å². The van der Waals surface area contributed by atoms with Crippen LogP contribution in [0.1, 0.15) is 11.6 Å². The molecule has 1 aliphatic heterocycles. The number of carbonyl (C=O) groups excluding carboxylic acids is 1. The monoisotopic (exact) mass is 363 g/mol. The maximum atomic E-state index is 12.5. The maximum absolute atomic E-state index is 12.5. The van der Waals surface area contributed by atoms with Gasteiger partial charge >= 0.3 is 0 Å². The highest BCUT2D eigenvalue weighted by atomic mass is 32.2. The van der Waals surface area contributed by atoms with Crippen molar-refractivity contribution in [1.82, 2.24) is 36.4 Å². The Morgan fingerprint density at radius 2 is 2.40 bits per heavy atom. The van der Waals surface area contributed by atoms with Gasteiger partial charge in [0.1, 0.15) is 5.75 Å². The van der Waals surface area contributed by atoms with Gasteiger partial charge in [-0.2, -0.15) is 0 Å². The number of benzene rings is 1. The normalized spacial score (nSPS) is 19.8. The van der Waals surface area contributed by atoms with Gasteiger partial charge in [-0.3, -0.25) is 10.2 Å². The van der Waals surface area contributed by atoms with Gasteiger partial charge in [0.25, 0.3) is 0 Å². The Bertz CT molecular complexity index is 723. The lowest BCUT2D eigenvalue weighted by Crippen LogP contribution is -2.36. The lowest BCUT2D eigenvalue weighted by molar-refractivity contribution is -0.124. The Kier molecular flexibility index (Phi) is 5.84. The number of tetrazole rings is 1. The van der Waals surface area contributed by atoms with Crippen molar-refractivity contribution in [2.45, 2.75) is 11.2 Å². The molecule has 9 nitrogen and oxygen atoms in total. The van der Waals surface area contributed by atoms with Gasteiger partial charge in [-0.05, 0) is 28.1 Å². The fourth-order valence-electron chi connectivity index (χ4n) is 2.68. The molecular weight excluding hydrogens is 342 g/mol. The molecular formula is C15H21N7O2S. The second-order valence-corrected chi connectivity index (χ2v) is 6.67. The second kappa shape index (κ2) is 8.28. The third kappa shape index (κ3) is 4.27.